The fourth-order valence-electron chi connectivity index (χ4n) is 1.89. The summed E-state index contributed by atoms with van der Waals surface area (Å²) in [6.07, 6.45) is -1.06. The number of hydroxylamine groups is 2. The second kappa shape index (κ2) is 7.89. The maximum Gasteiger partial charge on any atom is 0.408 e. The average Bonchev–Trinajstić information content (AvgIpc) is 2.73. The van der Waals surface area contributed by atoms with Crippen molar-refractivity contribution < 1.29 is 33.5 Å². The molecular weight excluding hydrogens is 320 g/mol. The van der Waals surface area contributed by atoms with E-state index in [1.807, 2.05) is 0 Å². The molecule has 0 aliphatic carbocycles. The highest BCUT2D eigenvalue weighted by molar-refractivity contribution is 6.01. The number of Topliss-reactive ketones (excluding diaryl/α,β-unsaturated/α-hetero) is 1. The van der Waals surface area contributed by atoms with E-state index in [0.29, 0.717) is 5.06 Å². The minimum Gasteiger partial charge on any atom is -0.444 e. The molecule has 1 heterocycles. The molecule has 0 unspecified atom stereocenters. The number of carbonyl (C=O) groups is 5. The maximum absolute atomic E-state index is 11.7. The summed E-state index contributed by atoms with van der Waals surface area (Å²) in [7, 11) is 0. The first-order valence-electron chi connectivity index (χ1n) is 7.56. The van der Waals surface area contributed by atoms with Crippen LogP contribution in [0.4, 0.5) is 4.79 Å². The fraction of sp³-hybridized carbons (Fsp3) is 0.667. The lowest BCUT2D eigenvalue weighted by atomic mass is 10.1. The summed E-state index contributed by atoms with van der Waals surface area (Å²) < 4.78 is 5.04. The summed E-state index contributed by atoms with van der Waals surface area (Å²) in [6.45, 7) is 6.30. The smallest absolute Gasteiger partial charge is 0.408 e. The first-order valence-corrected chi connectivity index (χ1v) is 7.56. The second-order valence-electron chi connectivity index (χ2n) is 6.39. The number of hydrogen-bond donors (Lipinski definition) is 1. The summed E-state index contributed by atoms with van der Waals surface area (Å²) in [5.74, 6) is -2.36. The Labute approximate surface area is 139 Å². The van der Waals surface area contributed by atoms with Gasteiger partial charge in [-0.2, -0.15) is 0 Å². The third kappa shape index (κ3) is 6.35. The molecule has 0 radical (unpaired) electrons. The Hall–Kier alpha value is -2.45. The van der Waals surface area contributed by atoms with E-state index < -0.39 is 35.5 Å². The number of hydrogen-bond acceptors (Lipinski definition) is 7. The molecule has 9 heteroatoms. The van der Waals surface area contributed by atoms with Crippen molar-refractivity contribution in [2.24, 2.45) is 0 Å². The molecule has 0 aromatic heterocycles. The Morgan fingerprint density at radius 1 is 1.17 bits per heavy atom. The molecule has 1 atom stereocenters. The third-order valence-electron chi connectivity index (χ3n) is 3.02. The maximum atomic E-state index is 11.7. The van der Waals surface area contributed by atoms with Crippen molar-refractivity contribution >= 4 is 29.7 Å². The normalized spacial score (nSPS) is 15.9. The molecule has 0 aromatic rings. The first-order chi connectivity index (χ1) is 11.0. The fourth-order valence-corrected chi connectivity index (χ4v) is 1.89. The van der Waals surface area contributed by atoms with Gasteiger partial charge in [-0.3, -0.25) is 14.4 Å². The number of amides is 3. The van der Waals surface area contributed by atoms with Crippen molar-refractivity contribution in [1.29, 1.82) is 0 Å². The number of imide groups is 1. The van der Waals surface area contributed by atoms with Crippen molar-refractivity contribution in [3.05, 3.63) is 0 Å². The molecule has 0 aromatic carbocycles. The van der Waals surface area contributed by atoms with Gasteiger partial charge in [0.05, 0.1) is 12.5 Å². The molecule has 24 heavy (non-hydrogen) atoms. The highest BCUT2D eigenvalue weighted by atomic mass is 16.7. The van der Waals surface area contributed by atoms with Crippen molar-refractivity contribution in [2.45, 2.75) is 65.0 Å². The lowest BCUT2D eigenvalue weighted by Crippen LogP contribution is -2.43. The Balaban J connectivity index is 2.50. The van der Waals surface area contributed by atoms with Crippen molar-refractivity contribution in [3.8, 4) is 0 Å². The highest BCUT2D eigenvalue weighted by Gasteiger charge is 2.33. The Morgan fingerprint density at radius 2 is 1.71 bits per heavy atom. The quantitative estimate of drug-likeness (QED) is 0.711. The van der Waals surface area contributed by atoms with Crippen LogP contribution in [-0.4, -0.2) is 46.4 Å². The molecule has 1 saturated heterocycles. The van der Waals surface area contributed by atoms with E-state index in [1.54, 1.807) is 20.8 Å². The van der Waals surface area contributed by atoms with Crippen LogP contribution >= 0.6 is 0 Å². The summed E-state index contributed by atoms with van der Waals surface area (Å²) in [5.41, 5.74) is -0.721. The summed E-state index contributed by atoms with van der Waals surface area (Å²) in [4.78, 5) is 62.3. The van der Waals surface area contributed by atoms with Crippen LogP contribution in [-0.2, 0) is 28.8 Å². The van der Waals surface area contributed by atoms with Gasteiger partial charge in [-0.15, -0.1) is 5.06 Å². The number of rotatable bonds is 6. The zero-order chi connectivity index (χ0) is 18.5. The number of ether oxygens (including phenoxy) is 1. The van der Waals surface area contributed by atoms with Crippen molar-refractivity contribution in [3.63, 3.8) is 0 Å². The van der Waals surface area contributed by atoms with Gasteiger partial charge in [-0.05, 0) is 34.1 Å². The molecule has 0 spiro atoms. The van der Waals surface area contributed by atoms with Crippen LogP contribution in [0.25, 0.3) is 0 Å². The van der Waals surface area contributed by atoms with Crippen LogP contribution < -0.4 is 5.32 Å². The Kier molecular flexibility index (Phi) is 6.44. The standard InChI is InChI=1S/C15H22N2O7/c1-9(18)10(16-14(22)23-15(2,3)4)5-8-13(21)24-17-11(19)6-7-12(17)20/h10H,5-8H2,1-4H3,(H,16,22)/t10-/m0/s1. The number of carbonyl (C=O) groups excluding carboxylic acids is 5. The van der Waals surface area contributed by atoms with Crippen LogP contribution in [0.2, 0.25) is 0 Å². The van der Waals surface area contributed by atoms with Gasteiger partial charge >= 0.3 is 12.1 Å². The van der Waals surface area contributed by atoms with Gasteiger partial charge in [0.2, 0.25) is 0 Å². The molecule has 1 rings (SSSR count). The predicted molar refractivity (Wildman–Crippen MR) is 80.3 cm³/mol. The Morgan fingerprint density at radius 3 is 2.17 bits per heavy atom. The predicted octanol–water partition coefficient (Wildman–Crippen LogP) is 0.856. The van der Waals surface area contributed by atoms with E-state index in [0.717, 1.165) is 0 Å². The largest absolute Gasteiger partial charge is 0.444 e. The van der Waals surface area contributed by atoms with Gasteiger partial charge in [-0.1, -0.05) is 0 Å². The topological polar surface area (TPSA) is 119 Å². The van der Waals surface area contributed by atoms with Crippen LogP contribution in [0.15, 0.2) is 0 Å². The zero-order valence-corrected chi connectivity index (χ0v) is 14.2. The highest BCUT2D eigenvalue weighted by Crippen LogP contribution is 2.13. The number of nitrogens with zero attached hydrogens (tertiary/aromatic N) is 1. The van der Waals surface area contributed by atoms with E-state index in [1.165, 1.54) is 6.92 Å². The van der Waals surface area contributed by atoms with Crippen LogP contribution in [0.1, 0.15) is 53.4 Å². The van der Waals surface area contributed by atoms with Gasteiger partial charge in [0.25, 0.3) is 11.8 Å². The third-order valence-corrected chi connectivity index (χ3v) is 3.02. The Bertz CT molecular complexity index is 535. The molecule has 134 valence electrons. The SMILES string of the molecule is CC(=O)[C@H](CCC(=O)ON1C(=O)CCC1=O)NC(=O)OC(C)(C)C. The minimum absolute atomic E-state index is 0.00236. The summed E-state index contributed by atoms with van der Waals surface area (Å²) >= 11 is 0. The molecule has 9 nitrogen and oxygen atoms in total. The molecule has 0 saturated carbocycles. The number of alkyl carbamates (subject to hydrolysis) is 1. The number of nitrogens with one attached hydrogen (secondary N) is 1. The van der Waals surface area contributed by atoms with E-state index in [2.05, 4.69) is 5.32 Å². The van der Waals surface area contributed by atoms with E-state index in [9.17, 15) is 24.0 Å². The molecule has 1 fully saturated rings. The van der Waals surface area contributed by atoms with Gasteiger partial charge in [0.1, 0.15) is 5.60 Å². The first kappa shape index (κ1) is 19.6. The summed E-state index contributed by atoms with van der Waals surface area (Å²) in [6, 6.07) is -0.933. The van der Waals surface area contributed by atoms with Gasteiger partial charge in [0, 0.05) is 12.8 Å². The number of ketones is 1. The molecule has 0 bridgehead atoms. The van der Waals surface area contributed by atoms with Gasteiger partial charge in [-0.25, -0.2) is 9.59 Å². The van der Waals surface area contributed by atoms with E-state index >= 15 is 0 Å². The minimum atomic E-state index is -0.933. The van der Waals surface area contributed by atoms with Gasteiger partial charge in [0.15, 0.2) is 5.78 Å². The van der Waals surface area contributed by atoms with Crippen molar-refractivity contribution in [1.82, 2.24) is 10.4 Å². The lowest BCUT2D eigenvalue weighted by molar-refractivity contribution is -0.197. The van der Waals surface area contributed by atoms with Gasteiger partial charge < -0.3 is 14.9 Å². The molecule has 3 amide bonds. The average molecular weight is 342 g/mol. The second-order valence-corrected chi connectivity index (χ2v) is 6.39. The van der Waals surface area contributed by atoms with E-state index in [-0.39, 0.29) is 31.5 Å². The lowest BCUT2D eigenvalue weighted by Gasteiger charge is -2.22. The van der Waals surface area contributed by atoms with Crippen LogP contribution in [0, 0.1) is 0 Å². The monoisotopic (exact) mass is 342 g/mol. The zero-order valence-electron chi connectivity index (χ0n) is 14.2. The van der Waals surface area contributed by atoms with E-state index in [4.69, 9.17) is 9.57 Å². The summed E-state index contributed by atoms with van der Waals surface area (Å²) in [5, 5.41) is 2.81. The molecule has 1 aliphatic heterocycles. The molecule has 1 N–H and O–H groups in total. The molecule has 1 aliphatic rings. The molecular formula is C15H22N2O7. The van der Waals surface area contributed by atoms with Crippen LogP contribution in [0.3, 0.4) is 0 Å². The van der Waals surface area contributed by atoms with Crippen LogP contribution in [0.5, 0.6) is 0 Å². The van der Waals surface area contributed by atoms with Crippen molar-refractivity contribution in [2.75, 3.05) is 0 Å².